The monoisotopic (exact) mass is 442 g/mol. The van der Waals surface area contributed by atoms with E-state index < -0.39 is 0 Å². The largest absolute Gasteiger partial charge is 0.486 e. The van der Waals surface area contributed by atoms with Gasteiger partial charge in [0, 0.05) is 36.9 Å². The van der Waals surface area contributed by atoms with Gasteiger partial charge in [0.15, 0.2) is 11.5 Å². The van der Waals surface area contributed by atoms with Crippen molar-refractivity contribution in [2.24, 2.45) is 0 Å². The van der Waals surface area contributed by atoms with Crippen LogP contribution in [0.15, 0.2) is 72.8 Å². The Bertz CT molecular complexity index is 1110. The number of carbonyl (C=O) groups excluding carboxylic acids is 1. The number of piperidine rings is 1. The highest BCUT2D eigenvalue weighted by atomic mass is 16.6. The minimum Gasteiger partial charge on any atom is -0.486 e. The van der Waals surface area contributed by atoms with E-state index in [4.69, 9.17) is 9.47 Å². The van der Waals surface area contributed by atoms with Crippen molar-refractivity contribution in [1.82, 2.24) is 4.90 Å². The zero-order valence-electron chi connectivity index (χ0n) is 19.1. The molecule has 0 saturated carbocycles. The molecule has 0 atom stereocenters. The summed E-state index contributed by atoms with van der Waals surface area (Å²) >= 11 is 0. The van der Waals surface area contributed by atoms with Gasteiger partial charge in [-0.05, 0) is 67.3 Å². The topological polar surface area (TPSA) is 42.0 Å². The summed E-state index contributed by atoms with van der Waals surface area (Å²) in [6.45, 7) is 6.06. The molecule has 33 heavy (non-hydrogen) atoms. The van der Waals surface area contributed by atoms with Crippen LogP contribution >= 0.6 is 0 Å². The number of anilines is 1. The van der Waals surface area contributed by atoms with Gasteiger partial charge in [0.25, 0.3) is 5.91 Å². The number of fused-ring (bicyclic) bond motifs is 1. The van der Waals surface area contributed by atoms with Gasteiger partial charge in [-0.15, -0.1) is 0 Å². The molecule has 1 saturated heterocycles. The average Bonchev–Trinajstić information content (AvgIpc) is 2.86. The Balaban J connectivity index is 1.30. The molecule has 3 aromatic carbocycles. The lowest BCUT2D eigenvalue weighted by atomic mass is 9.99. The summed E-state index contributed by atoms with van der Waals surface area (Å²) in [4.78, 5) is 18.0. The Morgan fingerprint density at radius 2 is 1.67 bits per heavy atom. The fourth-order valence-electron chi connectivity index (χ4n) is 4.77. The van der Waals surface area contributed by atoms with Gasteiger partial charge in [0.1, 0.15) is 13.2 Å². The summed E-state index contributed by atoms with van der Waals surface area (Å²) in [5.41, 5.74) is 4.11. The highest BCUT2D eigenvalue weighted by molar-refractivity contribution is 6.06. The Labute approximate surface area is 195 Å². The second-order valence-corrected chi connectivity index (χ2v) is 8.87. The fourth-order valence-corrected chi connectivity index (χ4v) is 4.77. The minimum absolute atomic E-state index is 0.0755. The summed E-state index contributed by atoms with van der Waals surface area (Å²) < 4.78 is 11.4. The predicted molar refractivity (Wildman–Crippen MR) is 130 cm³/mol. The lowest BCUT2D eigenvalue weighted by molar-refractivity contribution is 0.0958. The van der Waals surface area contributed by atoms with Crippen molar-refractivity contribution < 1.29 is 14.3 Å². The Hall–Kier alpha value is -3.31. The van der Waals surface area contributed by atoms with Crippen molar-refractivity contribution in [3.8, 4) is 11.5 Å². The quantitative estimate of drug-likeness (QED) is 0.553. The molecule has 0 aliphatic carbocycles. The highest BCUT2D eigenvalue weighted by Crippen LogP contribution is 2.32. The average molecular weight is 443 g/mol. The number of rotatable bonds is 5. The number of hydrogen-bond acceptors (Lipinski definition) is 4. The summed E-state index contributed by atoms with van der Waals surface area (Å²) in [6.07, 6.45) is 1.88. The van der Waals surface area contributed by atoms with Crippen LogP contribution in [0.2, 0.25) is 0 Å². The molecule has 0 radical (unpaired) electrons. The number of aryl methyl sites for hydroxylation is 1. The lowest BCUT2D eigenvalue weighted by Gasteiger charge is -2.39. The van der Waals surface area contributed by atoms with Crippen molar-refractivity contribution in [2.45, 2.75) is 32.4 Å². The van der Waals surface area contributed by atoms with Crippen LogP contribution in [-0.4, -0.2) is 43.2 Å². The van der Waals surface area contributed by atoms with Crippen LogP contribution < -0.4 is 14.4 Å². The van der Waals surface area contributed by atoms with Gasteiger partial charge in [-0.2, -0.15) is 0 Å². The van der Waals surface area contributed by atoms with Crippen molar-refractivity contribution in [1.29, 1.82) is 0 Å². The molecular formula is C28H30N2O3. The smallest absolute Gasteiger partial charge is 0.258 e. The number of hydrogen-bond donors (Lipinski definition) is 0. The molecule has 2 aliphatic rings. The number of amides is 1. The Morgan fingerprint density at radius 1 is 0.909 bits per heavy atom. The first-order chi connectivity index (χ1) is 16.2. The van der Waals surface area contributed by atoms with Crippen LogP contribution in [0, 0.1) is 6.92 Å². The second kappa shape index (κ2) is 9.67. The molecule has 3 aromatic rings. The maximum atomic E-state index is 13.6. The normalized spacial score (nSPS) is 16.4. The number of likely N-dealkylation sites (tertiary alicyclic amines) is 1. The molecule has 0 N–H and O–H groups in total. The number of ether oxygens (including phenoxy) is 2. The van der Waals surface area contributed by atoms with Gasteiger partial charge in [-0.3, -0.25) is 9.69 Å². The summed E-state index contributed by atoms with van der Waals surface area (Å²) in [5.74, 6) is 1.75. The van der Waals surface area contributed by atoms with E-state index in [1.807, 2.05) is 47.4 Å². The fraction of sp³-hybridized carbons (Fsp3) is 0.321. The van der Waals surface area contributed by atoms with Gasteiger partial charge in [0.2, 0.25) is 0 Å². The molecular weight excluding hydrogens is 412 g/mol. The highest BCUT2D eigenvalue weighted by Gasteiger charge is 2.30. The zero-order valence-corrected chi connectivity index (χ0v) is 19.1. The SMILES string of the molecule is Cc1cccc(N(C(=O)c2ccccc2)C2CCN(Cc3ccc4c(c3)OCCO4)CC2)c1. The van der Waals surface area contributed by atoms with Crippen molar-refractivity contribution in [2.75, 3.05) is 31.2 Å². The lowest BCUT2D eigenvalue weighted by Crippen LogP contribution is -2.47. The first kappa shape index (κ1) is 21.5. The number of benzene rings is 3. The van der Waals surface area contributed by atoms with Gasteiger partial charge < -0.3 is 14.4 Å². The van der Waals surface area contributed by atoms with E-state index in [0.717, 1.165) is 60.8 Å². The third kappa shape index (κ3) is 4.88. The van der Waals surface area contributed by atoms with Crippen molar-refractivity contribution in [3.63, 3.8) is 0 Å². The van der Waals surface area contributed by atoms with Crippen LogP contribution in [0.25, 0.3) is 0 Å². The van der Waals surface area contributed by atoms with E-state index >= 15 is 0 Å². The Morgan fingerprint density at radius 3 is 2.42 bits per heavy atom. The van der Waals surface area contributed by atoms with Crippen LogP contribution in [0.3, 0.4) is 0 Å². The van der Waals surface area contributed by atoms with E-state index in [0.29, 0.717) is 13.2 Å². The molecule has 170 valence electrons. The van der Waals surface area contributed by atoms with Gasteiger partial charge >= 0.3 is 0 Å². The van der Waals surface area contributed by atoms with Crippen LogP contribution in [0.1, 0.15) is 34.3 Å². The molecule has 2 heterocycles. The summed E-state index contributed by atoms with van der Waals surface area (Å²) in [7, 11) is 0. The van der Waals surface area contributed by atoms with E-state index in [2.05, 4.69) is 42.2 Å². The Kier molecular flexibility index (Phi) is 6.31. The molecule has 1 fully saturated rings. The summed E-state index contributed by atoms with van der Waals surface area (Å²) in [5, 5.41) is 0. The molecule has 2 aliphatic heterocycles. The third-order valence-corrected chi connectivity index (χ3v) is 6.45. The molecule has 0 bridgehead atoms. The first-order valence-electron chi connectivity index (χ1n) is 11.7. The maximum absolute atomic E-state index is 13.6. The van der Waals surface area contributed by atoms with E-state index in [1.54, 1.807) is 0 Å². The molecule has 5 heteroatoms. The van der Waals surface area contributed by atoms with Crippen molar-refractivity contribution >= 4 is 11.6 Å². The molecule has 0 spiro atoms. The molecule has 5 rings (SSSR count). The molecule has 0 aromatic heterocycles. The number of nitrogens with zero attached hydrogens (tertiary/aromatic N) is 2. The van der Waals surface area contributed by atoms with Crippen molar-refractivity contribution in [3.05, 3.63) is 89.5 Å². The minimum atomic E-state index is 0.0755. The second-order valence-electron chi connectivity index (χ2n) is 8.87. The summed E-state index contributed by atoms with van der Waals surface area (Å²) in [6, 6.07) is 24.3. The van der Waals surface area contributed by atoms with Crippen LogP contribution in [0.5, 0.6) is 11.5 Å². The zero-order chi connectivity index (χ0) is 22.6. The number of carbonyl (C=O) groups is 1. The van der Waals surface area contributed by atoms with Gasteiger partial charge in [-0.25, -0.2) is 0 Å². The van der Waals surface area contributed by atoms with E-state index in [-0.39, 0.29) is 11.9 Å². The maximum Gasteiger partial charge on any atom is 0.258 e. The van der Waals surface area contributed by atoms with E-state index in [9.17, 15) is 4.79 Å². The first-order valence-corrected chi connectivity index (χ1v) is 11.7. The third-order valence-electron chi connectivity index (χ3n) is 6.45. The van der Waals surface area contributed by atoms with Crippen LogP contribution in [0.4, 0.5) is 5.69 Å². The molecule has 0 unspecified atom stereocenters. The molecule has 5 nitrogen and oxygen atoms in total. The van der Waals surface area contributed by atoms with Crippen LogP contribution in [-0.2, 0) is 6.54 Å². The predicted octanol–water partition coefficient (Wildman–Crippen LogP) is 5.08. The van der Waals surface area contributed by atoms with Gasteiger partial charge in [-0.1, -0.05) is 36.4 Å². The van der Waals surface area contributed by atoms with E-state index in [1.165, 1.54) is 5.56 Å². The standard InChI is InChI=1S/C28H30N2O3/c1-21-6-5-9-25(18-21)30(28(31)23-7-3-2-4-8-23)24-12-14-29(15-13-24)20-22-10-11-26-27(19-22)33-17-16-32-26/h2-11,18-19,24H,12-17,20H2,1H3. The van der Waals surface area contributed by atoms with Gasteiger partial charge in [0.05, 0.1) is 0 Å². The molecule has 1 amide bonds.